The van der Waals surface area contributed by atoms with Crippen molar-refractivity contribution in [3.05, 3.63) is 212 Å². The molecule has 0 bridgehead atoms. The summed E-state index contributed by atoms with van der Waals surface area (Å²) in [5.41, 5.74) is 1.47. The maximum absolute atomic E-state index is 2.63. The molecule has 0 fully saturated rings. The lowest BCUT2D eigenvalue weighted by atomic mass is 10.2. The molecule has 7 rings (SSSR count). The van der Waals surface area contributed by atoms with E-state index >= 15 is 0 Å². The van der Waals surface area contributed by atoms with Crippen LogP contribution in [-0.2, 0) is 6.16 Å². The van der Waals surface area contributed by atoms with E-state index < -0.39 is 23.9 Å². The summed E-state index contributed by atoms with van der Waals surface area (Å²) in [6.07, 6.45) is 1.00. The zero-order valence-electron chi connectivity index (χ0n) is 26.4. The van der Waals surface area contributed by atoms with Crippen LogP contribution in [0.4, 0.5) is 0 Å². The standard InChI is InChI=1S/C44H38P2Si/c1-7-22-38(23-8-1)45(39-24-9-2-10-25-39)35-37-21-19-20-34-44(37)47(42-30-15-5-16-31-42,43-32-17-6-18-33-43)36-46(40-26-11-3-12-27-40)41-28-13-4-14-29-41/h1-34H,35-36H2. The molecule has 0 aliphatic rings. The lowest BCUT2D eigenvalue weighted by Gasteiger charge is -2.39. The maximum atomic E-state index is 2.48. The van der Waals surface area contributed by atoms with Crippen molar-refractivity contribution >= 4 is 60.7 Å². The summed E-state index contributed by atoms with van der Waals surface area (Å²) in [7, 11) is -3.90. The van der Waals surface area contributed by atoms with Crippen LogP contribution in [-0.4, -0.2) is 13.9 Å². The number of rotatable bonds is 11. The van der Waals surface area contributed by atoms with E-state index in [1.165, 1.54) is 42.3 Å². The first kappa shape index (κ1) is 31.2. The zero-order valence-corrected chi connectivity index (χ0v) is 29.2. The quantitative estimate of drug-likeness (QED) is 0.0771. The van der Waals surface area contributed by atoms with E-state index in [9.17, 15) is 0 Å². The van der Waals surface area contributed by atoms with Gasteiger partial charge in [-0.3, -0.25) is 0 Å². The van der Waals surface area contributed by atoms with Gasteiger partial charge in [0.05, 0.1) is 0 Å². The summed E-state index contributed by atoms with van der Waals surface area (Å²) in [4.78, 5) is 0. The third-order valence-corrected chi connectivity index (χ3v) is 20.6. The van der Waals surface area contributed by atoms with E-state index in [0.717, 1.165) is 11.9 Å². The number of hydrogen-bond donors (Lipinski definition) is 0. The molecule has 3 heteroatoms. The van der Waals surface area contributed by atoms with Crippen LogP contribution in [0, 0.1) is 0 Å². The Hall–Kier alpha value is -4.38. The first-order valence-corrected chi connectivity index (χ1v) is 21.5. The maximum Gasteiger partial charge on any atom is 0.153 e. The molecule has 0 N–H and O–H groups in total. The Kier molecular flexibility index (Phi) is 9.98. The van der Waals surface area contributed by atoms with E-state index in [4.69, 9.17) is 0 Å². The molecular weight excluding hydrogens is 619 g/mol. The molecular formula is C44H38P2Si. The fraction of sp³-hybridized carbons (Fsp3) is 0.0455. The van der Waals surface area contributed by atoms with Gasteiger partial charge >= 0.3 is 0 Å². The lowest BCUT2D eigenvalue weighted by Crippen LogP contribution is -2.70. The molecule has 0 atom stereocenters. The minimum absolute atomic E-state index is 0.609. The average molecular weight is 657 g/mol. The summed E-state index contributed by atoms with van der Waals surface area (Å²) >= 11 is 0. The molecule has 47 heavy (non-hydrogen) atoms. The van der Waals surface area contributed by atoms with Crippen LogP contribution in [0.15, 0.2) is 206 Å². The molecule has 7 aromatic carbocycles. The predicted molar refractivity (Wildman–Crippen MR) is 211 cm³/mol. The highest BCUT2D eigenvalue weighted by Gasteiger charge is 2.43. The molecule has 0 aliphatic heterocycles. The normalized spacial score (nSPS) is 11.5. The summed E-state index contributed by atoms with van der Waals surface area (Å²) in [6.45, 7) is 0. The minimum atomic E-state index is -2.63. The molecule has 0 heterocycles. The largest absolute Gasteiger partial charge is 0.153 e. The Bertz CT molecular complexity index is 1850. The molecule has 0 nitrogen and oxygen atoms in total. The third-order valence-electron chi connectivity index (χ3n) is 9.01. The van der Waals surface area contributed by atoms with Gasteiger partial charge < -0.3 is 0 Å². The number of hydrogen-bond acceptors (Lipinski definition) is 0. The van der Waals surface area contributed by atoms with E-state index in [-0.39, 0.29) is 0 Å². The van der Waals surface area contributed by atoms with Crippen LogP contribution < -0.4 is 36.8 Å². The van der Waals surface area contributed by atoms with Gasteiger partial charge in [-0.25, -0.2) is 0 Å². The SMILES string of the molecule is c1ccc(P(Cc2ccccc2[Si](CP(c2ccccc2)c2ccccc2)(c2ccccc2)c2ccccc2)c2ccccc2)cc1. The molecule has 0 aromatic heterocycles. The Morgan fingerprint density at radius 3 is 1.04 bits per heavy atom. The van der Waals surface area contributed by atoms with Crippen LogP contribution in [0.1, 0.15) is 5.56 Å². The Morgan fingerprint density at radius 2 is 0.638 bits per heavy atom. The second-order valence-corrected chi connectivity index (χ2v) is 20.7. The molecule has 0 amide bonds. The summed E-state index contributed by atoms with van der Waals surface area (Å²) in [5.74, 6) is 1.09. The number of benzene rings is 7. The highest BCUT2D eigenvalue weighted by atomic mass is 31.1. The first-order chi connectivity index (χ1) is 23.3. The average Bonchev–Trinajstić information content (AvgIpc) is 3.17. The van der Waals surface area contributed by atoms with Gasteiger partial charge in [-0.05, 0) is 64.0 Å². The zero-order chi connectivity index (χ0) is 31.7. The van der Waals surface area contributed by atoms with Crippen molar-refractivity contribution in [2.45, 2.75) is 6.16 Å². The highest BCUT2D eigenvalue weighted by Crippen LogP contribution is 2.40. The van der Waals surface area contributed by atoms with Crippen LogP contribution in [0.5, 0.6) is 0 Å². The lowest BCUT2D eigenvalue weighted by molar-refractivity contribution is 1.42. The van der Waals surface area contributed by atoms with E-state index in [0.29, 0.717) is 0 Å². The van der Waals surface area contributed by atoms with Crippen LogP contribution in [0.3, 0.4) is 0 Å². The van der Waals surface area contributed by atoms with Gasteiger partial charge in [0, 0.05) is 6.16 Å². The van der Waals surface area contributed by atoms with Crippen molar-refractivity contribution in [3.8, 4) is 0 Å². The van der Waals surface area contributed by atoms with Gasteiger partial charge in [-0.1, -0.05) is 206 Å². The van der Waals surface area contributed by atoms with Crippen molar-refractivity contribution in [2.75, 3.05) is 5.79 Å². The smallest absolute Gasteiger partial charge is 0.0624 e. The fourth-order valence-electron chi connectivity index (χ4n) is 6.77. The van der Waals surface area contributed by atoms with E-state index in [2.05, 4.69) is 206 Å². The van der Waals surface area contributed by atoms with Gasteiger partial charge in [-0.2, -0.15) is 0 Å². The van der Waals surface area contributed by atoms with Gasteiger partial charge in [0.1, 0.15) is 0 Å². The van der Waals surface area contributed by atoms with E-state index in [1.54, 1.807) is 0 Å². The summed E-state index contributed by atoms with van der Waals surface area (Å²) in [6, 6.07) is 77.3. The van der Waals surface area contributed by atoms with Crippen molar-refractivity contribution in [1.29, 1.82) is 0 Å². The molecule has 0 saturated carbocycles. The third kappa shape index (κ3) is 6.85. The Labute approximate surface area is 283 Å². The summed E-state index contributed by atoms with van der Waals surface area (Å²) in [5, 5.41) is 10.2. The summed E-state index contributed by atoms with van der Waals surface area (Å²) < 4.78 is 0. The fourth-order valence-corrected chi connectivity index (χ4v) is 19.7. The molecule has 0 spiro atoms. The van der Waals surface area contributed by atoms with Crippen LogP contribution in [0.25, 0.3) is 0 Å². The predicted octanol–water partition coefficient (Wildman–Crippen LogP) is 7.46. The molecule has 0 aliphatic carbocycles. The highest BCUT2D eigenvalue weighted by molar-refractivity contribution is 7.76. The second-order valence-electron chi connectivity index (χ2n) is 11.8. The minimum Gasteiger partial charge on any atom is -0.0624 e. The van der Waals surface area contributed by atoms with Crippen molar-refractivity contribution in [2.24, 2.45) is 0 Å². The van der Waals surface area contributed by atoms with Crippen molar-refractivity contribution in [3.63, 3.8) is 0 Å². The topological polar surface area (TPSA) is 0 Å². The second kappa shape index (κ2) is 15.0. The van der Waals surface area contributed by atoms with E-state index in [1.807, 2.05) is 0 Å². The first-order valence-electron chi connectivity index (χ1n) is 16.3. The molecule has 0 saturated heterocycles. The molecule has 7 aromatic rings. The Balaban J connectivity index is 1.48. The van der Waals surface area contributed by atoms with Gasteiger partial charge in [0.15, 0.2) is 8.07 Å². The molecule has 228 valence electrons. The van der Waals surface area contributed by atoms with Gasteiger partial charge in [0.2, 0.25) is 0 Å². The van der Waals surface area contributed by atoms with Crippen LogP contribution in [0.2, 0.25) is 0 Å². The van der Waals surface area contributed by atoms with Gasteiger partial charge in [-0.15, -0.1) is 0 Å². The van der Waals surface area contributed by atoms with Crippen molar-refractivity contribution in [1.82, 2.24) is 0 Å². The van der Waals surface area contributed by atoms with Crippen LogP contribution >= 0.6 is 15.8 Å². The molecule has 0 radical (unpaired) electrons. The van der Waals surface area contributed by atoms with Crippen molar-refractivity contribution < 1.29 is 0 Å². The molecule has 0 unspecified atom stereocenters. The monoisotopic (exact) mass is 656 g/mol. The van der Waals surface area contributed by atoms with Gasteiger partial charge in [0.25, 0.3) is 0 Å². The Morgan fingerprint density at radius 1 is 0.319 bits per heavy atom.